The van der Waals surface area contributed by atoms with E-state index in [2.05, 4.69) is 0 Å². The second-order valence-electron chi connectivity index (χ2n) is 8.69. The molecule has 1 aliphatic rings. The Bertz CT molecular complexity index is 922. The molecule has 2 amide bonds. The number of carbonyl (C=O) groups excluding carboxylic acids is 2. The van der Waals surface area contributed by atoms with Gasteiger partial charge in [-0.15, -0.1) is 0 Å². The smallest absolute Gasteiger partial charge is 0.339 e. The van der Waals surface area contributed by atoms with Crippen LogP contribution in [0.3, 0.4) is 0 Å². The van der Waals surface area contributed by atoms with Crippen LogP contribution in [0.25, 0.3) is 0 Å². The third kappa shape index (κ3) is 6.81. The number of nitrogens with zero attached hydrogens (tertiary/aromatic N) is 3. The molecule has 0 atom stereocenters. The van der Waals surface area contributed by atoms with Crippen LogP contribution in [0, 0.1) is 5.92 Å². The van der Waals surface area contributed by atoms with Crippen LogP contribution in [-0.4, -0.2) is 66.8 Å². The van der Waals surface area contributed by atoms with Gasteiger partial charge in [-0.1, -0.05) is 30.3 Å². The molecule has 1 saturated heterocycles. The molecule has 178 valence electrons. The first kappa shape index (κ1) is 24.8. The van der Waals surface area contributed by atoms with E-state index in [0.29, 0.717) is 39.0 Å². The van der Waals surface area contributed by atoms with Gasteiger partial charge in [0.25, 0.3) is 5.91 Å². The fraction of sp³-hybridized carbons (Fsp3) is 0.440. The first-order valence-electron chi connectivity index (χ1n) is 11.1. The van der Waals surface area contributed by atoms with E-state index in [1.54, 1.807) is 4.90 Å². The normalized spacial score (nSPS) is 15.0. The van der Waals surface area contributed by atoms with Gasteiger partial charge in [0.2, 0.25) is 5.91 Å². The van der Waals surface area contributed by atoms with Crippen molar-refractivity contribution in [2.75, 3.05) is 40.3 Å². The number of likely N-dealkylation sites (tertiary alicyclic amines) is 1. The molecule has 0 saturated carbocycles. The maximum atomic E-state index is 13.3. The van der Waals surface area contributed by atoms with Crippen LogP contribution in [0.5, 0.6) is 0 Å². The van der Waals surface area contributed by atoms with E-state index in [1.807, 2.05) is 54.2 Å². The highest BCUT2D eigenvalue weighted by Gasteiger charge is 2.32. The average molecular weight is 462 g/mol. The predicted octanol–water partition coefficient (Wildman–Crippen LogP) is 4.15. The molecule has 1 aliphatic heterocycles. The van der Waals surface area contributed by atoms with Crippen molar-refractivity contribution in [2.24, 2.45) is 5.92 Å². The van der Waals surface area contributed by atoms with Gasteiger partial charge in [0.15, 0.2) is 0 Å². The molecule has 2 aromatic carbocycles. The second kappa shape index (κ2) is 10.8. The molecule has 0 radical (unpaired) electrons. The molecule has 2 aromatic rings. The fourth-order valence-corrected chi connectivity index (χ4v) is 3.96. The Kier molecular flexibility index (Phi) is 8.13. The summed E-state index contributed by atoms with van der Waals surface area (Å²) in [5, 5.41) is 0. The number of alkyl halides is 3. The van der Waals surface area contributed by atoms with Crippen LogP contribution >= 0.6 is 0 Å². The lowest BCUT2D eigenvalue weighted by Gasteiger charge is -2.35. The molecular formula is C25H30F3N3O2. The fourth-order valence-electron chi connectivity index (χ4n) is 3.96. The van der Waals surface area contributed by atoms with E-state index >= 15 is 0 Å². The first-order valence-corrected chi connectivity index (χ1v) is 11.1. The van der Waals surface area contributed by atoms with Gasteiger partial charge in [0.05, 0.1) is 5.56 Å². The molecule has 33 heavy (non-hydrogen) atoms. The topological polar surface area (TPSA) is 43.9 Å². The first-order chi connectivity index (χ1) is 15.6. The molecule has 0 N–H and O–H groups in total. The molecule has 5 nitrogen and oxygen atoms in total. The molecule has 1 fully saturated rings. The number of carbonyl (C=O) groups is 2. The van der Waals surface area contributed by atoms with E-state index in [-0.39, 0.29) is 23.3 Å². The van der Waals surface area contributed by atoms with Gasteiger partial charge >= 0.3 is 6.18 Å². The summed E-state index contributed by atoms with van der Waals surface area (Å²) in [6.07, 6.45) is -3.35. The number of hydrogen-bond donors (Lipinski definition) is 0. The largest absolute Gasteiger partial charge is 0.416 e. The highest BCUT2D eigenvalue weighted by atomic mass is 19.4. The summed E-state index contributed by atoms with van der Waals surface area (Å²) in [6, 6.07) is 14.1. The zero-order chi connectivity index (χ0) is 24.0. The molecule has 8 heteroatoms. The lowest BCUT2D eigenvalue weighted by atomic mass is 9.94. The third-order valence-corrected chi connectivity index (χ3v) is 5.94. The minimum Gasteiger partial charge on any atom is -0.339 e. The van der Waals surface area contributed by atoms with Gasteiger partial charge in [0, 0.05) is 44.2 Å². The van der Waals surface area contributed by atoms with Gasteiger partial charge in [-0.05, 0) is 56.8 Å². The number of likely N-dealkylation sites (N-methyl/N-ethyl adjacent to an activating group) is 1. The van der Waals surface area contributed by atoms with Crippen LogP contribution in [0.1, 0.15) is 34.3 Å². The zero-order valence-corrected chi connectivity index (χ0v) is 19.0. The van der Waals surface area contributed by atoms with Gasteiger partial charge in [0.1, 0.15) is 0 Å². The highest BCUT2D eigenvalue weighted by molar-refractivity contribution is 5.94. The van der Waals surface area contributed by atoms with Crippen LogP contribution in [0.4, 0.5) is 13.2 Å². The average Bonchev–Trinajstić information content (AvgIpc) is 2.81. The number of rotatable bonds is 7. The van der Waals surface area contributed by atoms with Gasteiger partial charge in [-0.25, -0.2) is 0 Å². The molecule has 0 aliphatic carbocycles. The lowest BCUT2D eigenvalue weighted by molar-refractivity contribution is -0.138. The van der Waals surface area contributed by atoms with E-state index in [9.17, 15) is 22.8 Å². The summed E-state index contributed by atoms with van der Waals surface area (Å²) in [7, 11) is 3.94. The van der Waals surface area contributed by atoms with Crippen LogP contribution in [-0.2, 0) is 17.5 Å². The summed E-state index contributed by atoms with van der Waals surface area (Å²) < 4.78 is 38.3. The van der Waals surface area contributed by atoms with Crippen molar-refractivity contribution in [1.29, 1.82) is 0 Å². The van der Waals surface area contributed by atoms with Gasteiger partial charge < -0.3 is 14.7 Å². The summed E-state index contributed by atoms with van der Waals surface area (Å²) in [5.41, 5.74) is 0.517. The molecular weight excluding hydrogens is 431 g/mol. The van der Waals surface area contributed by atoms with Crippen molar-refractivity contribution in [3.63, 3.8) is 0 Å². The number of amides is 2. The van der Waals surface area contributed by atoms with E-state index in [4.69, 9.17) is 0 Å². The van der Waals surface area contributed by atoms with Crippen molar-refractivity contribution in [1.82, 2.24) is 14.7 Å². The third-order valence-electron chi connectivity index (χ3n) is 5.94. The second-order valence-corrected chi connectivity index (χ2v) is 8.69. The Morgan fingerprint density at radius 1 is 0.939 bits per heavy atom. The summed E-state index contributed by atoms with van der Waals surface area (Å²) in [6.45, 7) is 2.72. The molecule has 1 heterocycles. The highest BCUT2D eigenvalue weighted by Crippen LogP contribution is 2.29. The number of piperidine rings is 1. The Labute approximate surface area is 192 Å². The number of benzene rings is 2. The monoisotopic (exact) mass is 461 g/mol. The predicted molar refractivity (Wildman–Crippen MR) is 120 cm³/mol. The summed E-state index contributed by atoms with van der Waals surface area (Å²) in [4.78, 5) is 31.6. The maximum absolute atomic E-state index is 13.3. The van der Waals surface area contributed by atoms with Crippen molar-refractivity contribution in [2.45, 2.75) is 25.6 Å². The van der Waals surface area contributed by atoms with Crippen molar-refractivity contribution in [3.05, 3.63) is 71.3 Å². The summed E-state index contributed by atoms with van der Waals surface area (Å²) >= 11 is 0. The van der Waals surface area contributed by atoms with Gasteiger partial charge in [-0.3, -0.25) is 9.59 Å². The molecule has 0 unspecified atom stereocenters. The van der Waals surface area contributed by atoms with E-state index in [1.165, 1.54) is 12.1 Å². The summed E-state index contributed by atoms with van der Waals surface area (Å²) in [5.74, 6) is -0.391. The number of halogens is 3. The standard InChI is InChI=1S/C25H30F3N3O2/c1-29(2)16-17-31(18-19-6-4-3-5-7-19)24(33)21-12-14-30(15-13-21)23(32)20-8-10-22(11-9-20)25(26,27)28/h3-11,21H,12-18H2,1-2H3. The molecule has 0 bridgehead atoms. The van der Waals surface area contributed by atoms with Crippen LogP contribution in [0.2, 0.25) is 0 Å². The minimum absolute atomic E-state index is 0.0855. The van der Waals surface area contributed by atoms with Crippen molar-refractivity contribution in [3.8, 4) is 0 Å². The van der Waals surface area contributed by atoms with E-state index in [0.717, 1.165) is 24.2 Å². The molecule has 3 rings (SSSR count). The Hall–Kier alpha value is -2.87. The maximum Gasteiger partial charge on any atom is 0.416 e. The minimum atomic E-state index is -4.43. The molecule has 0 spiro atoms. The Morgan fingerprint density at radius 2 is 1.55 bits per heavy atom. The Morgan fingerprint density at radius 3 is 2.09 bits per heavy atom. The SMILES string of the molecule is CN(C)CCN(Cc1ccccc1)C(=O)C1CCN(C(=O)c2ccc(C(F)(F)F)cc2)CC1. The zero-order valence-electron chi connectivity index (χ0n) is 19.0. The van der Waals surface area contributed by atoms with Crippen LogP contribution in [0.15, 0.2) is 54.6 Å². The van der Waals surface area contributed by atoms with Crippen LogP contribution < -0.4 is 0 Å². The molecule has 0 aromatic heterocycles. The Balaban J connectivity index is 1.60. The van der Waals surface area contributed by atoms with Crippen molar-refractivity contribution >= 4 is 11.8 Å². The lowest BCUT2D eigenvalue weighted by Crippen LogP contribution is -2.45. The quantitative estimate of drug-likeness (QED) is 0.622. The van der Waals surface area contributed by atoms with E-state index < -0.39 is 11.7 Å². The van der Waals surface area contributed by atoms with Gasteiger partial charge in [-0.2, -0.15) is 13.2 Å². The number of hydrogen-bond acceptors (Lipinski definition) is 3. The van der Waals surface area contributed by atoms with Crippen molar-refractivity contribution < 1.29 is 22.8 Å².